The van der Waals surface area contributed by atoms with Crippen LogP contribution in [0, 0.1) is 5.92 Å². The summed E-state index contributed by atoms with van der Waals surface area (Å²) in [6.45, 7) is 1.13. The largest absolute Gasteiger partial charge is 0.573 e. The third-order valence-electron chi connectivity index (χ3n) is 3.93. The van der Waals surface area contributed by atoms with Crippen LogP contribution < -0.4 is 15.4 Å². The van der Waals surface area contributed by atoms with Gasteiger partial charge in [0.15, 0.2) is 0 Å². The van der Waals surface area contributed by atoms with E-state index in [2.05, 4.69) is 14.9 Å². The highest BCUT2D eigenvalue weighted by atomic mass is 19.4. The number of piperidine rings is 1. The average Bonchev–Trinajstić information content (AvgIpc) is 3.04. The molecule has 0 radical (unpaired) electrons. The number of carbonyl (C=O) groups excluding carboxylic acids is 1. The molecule has 2 heterocycles. The molecule has 1 fully saturated rings. The zero-order valence-electron chi connectivity index (χ0n) is 13.0. The second-order valence-electron chi connectivity index (χ2n) is 5.64. The maximum Gasteiger partial charge on any atom is 0.573 e. The topological polar surface area (TPSA) is 94.5 Å². The number of halogens is 3. The third kappa shape index (κ3) is 4.20. The van der Waals surface area contributed by atoms with Crippen LogP contribution in [0.15, 0.2) is 28.8 Å². The van der Waals surface area contributed by atoms with Crippen LogP contribution in [0.1, 0.15) is 12.8 Å². The van der Waals surface area contributed by atoms with Gasteiger partial charge in [-0.05, 0) is 37.1 Å². The number of anilines is 1. The van der Waals surface area contributed by atoms with E-state index in [0.29, 0.717) is 37.5 Å². The summed E-state index contributed by atoms with van der Waals surface area (Å²) in [5, 5.41) is 3.84. The van der Waals surface area contributed by atoms with E-state index in [-0.39, 0.29) is 23.4 Å². The molecule has 0 unspecified atom stereocenters. The molecule has 0 atom stereocenters. The van der Waals surface area contributed by atoms with Gasteiger partial charge >= 0.3 is 12.4 Å². The van der Waals surface area contributed by atoms with Gasteiger partial charge < -0.3 is 19.9 Å². The van der Waals surface area contributed by atoms with Gasteiger partial charge in [0.1, 0.15) is 5.75 Å². The number of nitrogens with zero attached hydrogens (tertiary/aromatic N) is 3. The summed E-state index contributed by atoms with van der Waals surface area (Å²) in [6.07, 6.45) is -3.52. The lowest BCUT2D eigenvalue weighted by Crippen LogP contribution is -2.38. The minimum absolute atomic E-state index is 0.153. The van der Waals surface area contributed by atoms with Gasteiger partial charge in [0.25, 0.3) is 0 Å². The molecule has 1 amide bonds. The Labute approximate surface area is 140 Å². The highest BCUT2D eigenvalue weighted by Crippen LogP contribution is 2.27. The van der Waals surface area contributed by atoms with Crippen molar-refractivity contribution in [3.8, 4) is 17.1 Å². The fourth-order valence-corrected chi connectivity index (χ4v) is 2.62. The fourth-order valence-electron chi connectivity index (χ4n) is 2.62. The first-order chi connectivity index (χ1) is 11.8. The Kier molecular flexibility index (Phi) is 4.51. The Hall–Kier alpha value is -2.78. The van der Waals surface area contributed by atoms with E-state index < -0.39 is 6.36 Å². The number of rotatable bonds is 4. The molecule has 0 aliphatic carbocycles. The standard InChI is InChI=1S/C15H15F3N4O3/c16-15(17,18)24-11-3-1-10(2-4-11)13-20-14(25-21-13)22-7-5-9(6-8-22)12(19)23/h1-4,9H,5-8H2,(H2,19,23). The van der Waals surface area contributed by atoms with Crippen molar-refractivity contribution in [1.29, 1.82) is 0 Å². The van der Waals surface area contributed by atoms with E-state index in [1.54, 1.807) is 0 Å². The number of amides is 1. The zero-order valence-corrected chi connectivity index (χ0v) is 13.0. The molecule has 10 heteroatoms. The quantitative estimate of drug-likeness (QED) is 0.904. The predicted molar refractivity (Wildman–Crippen MR) is 80.5 cm³/mol. The molecule has 134 valence electrons. The molecule has 1 aromatic heterocycles. The number of hydrogen-bond acceptors (Lipinski definition) is 6. The summed E-state index contributed by atoms with van der Waals surface area (Å²) in [5.41, 5.74) is 5.79. The fraction of sp³-hybridized carbons (Fsp3) is 0.400. The lowest BCUT2D eigenvalue weighted by Gasteiger charge is -2.28. The minimum Gasteiger partial charge on any atom is -0.406 e. The summed E-state index contributed by atoms with van der Waals surface area (Å²) in [4.78, 5) is 17.3. The van der Waals surface area contributed by atoms with Crippen molar-refractivity contribution in [3.63, 3.8) is 0 Å². The normalized spacial score (nSPS) is 16.0. The highest BCUT2D eigenvalue weighted by molar-refractivity contribution is 5.76. The van der Waals surface area contributed by atoms with Crippen LogP contribution in [-0.4, -0.2) is 35.5 Å². The third-order valence-corrected chi connectivity index (χ3v) is 3.93. The average molecular weight is 356 g/mol. The molecule has 7 nitrogen and oxygen atoms in total. The second-order valence-corrected chi connectivity index (χ2v) is 5.64. The number of benzene rings is 1. The number of alkyl halides is 3. The van der Waals surface area contributed by atoms with Gasteiger partial charge in [-0.15, -0.1) is 13.2 Å². The molecular formula is C15H15F3N4O3. The van der Waals surface area contributed by atoms with Crippen LogP contribution in [0.2, 0.25) is 0 Å². The van der Waals surface area contributed by atoms with Crippen molar-refractivity contribution >= 4 is 11.9 Å². The van der Waals surface area contributed by atoms with Gasteiger partial charge in [-0.1, -0.05) is 5.16 Å². The summed E-state index contributed by atoms with van der Waals surface area (Å²) in [5.74, 6) is -0.536. The van der Waals surface area contributed by atoms with Gasteiger partial charge in [-0.25, -0.2) is 0 Å². The number of carbonyl (C=O) groups is 1. The maximum atomic E-state index is 12.2. The van der Waals surface area contributed by atoms with Crippen molar-refractivity contribution in [3.05, 3.63) is 24.3 Å². The molecule has 1 aliphatic rings. The van der Waals surface area contributed by atoms with E-state index in [0.717, 1.165) is 0 Å². The minimum atomic E-state index is -4.74. The SMILES string of the molecule is NC(=O)C1CCN(c2nc(-c3ccc(OC(F)(F)F)cc3)no2)CC1. The smallest absolute Gasteiger partial charge is 0.406 e. The van der Waals surface area contributed by atoms with Crippen molar-refractivity contribution in [2.24, 2.45) is 11.7 Å². The number of aromatic nitrogens is 2. The van der Waals surface area contributed by atoms with Crippen LogP contribution in [0.3, 0.4) is 0 Å². The zero-order chi connectivity index (χ0) is 18.0. The molecule has 0 saturated carbocycles. The Morgan fingerprint density at radius 2 is 1.88 bits per heavy atom. The summed E-state index contributed by atoms with van der Waals surface area (Å²) in [6, 6.07) is 5.48. The number of ether oxygens (including phenoxy) is 1. The molecule has 1 aliphatic heterocycles. The molecule has 1 aromatic carbocycles. The maximum absolute atomic E-state index is 12.2. The Bertz CT molecular complexity index is 737. The summed E-state index contributed by atoms with van der Waals surface area (Å²) >= 11 is 0. The highest BCUT2D eigenvalue weighted by Gasteiger charge is 2.31. The van der Waals surface area contributed by atoms with E-state index in [1.165, 1.54) is 24.3 Å². The first-order valence-corrected chi connectivity index (χ1v) is 7.56. The van der Waals surface area contributed by atoms with E-state index in [4.69, 9.17) is 10.3 Å². The van der Waals surface area contributed by atoms with Crippen molar-refractivity contribution in [2.75, 3.05) is 18.0 Å². The van der Waals surface area contributed by atoms with Crippen molar-refractivity contribution in [1.82, 2.24) is 10.1 Å². The molecule has 1 saturated heterocycles. The Balaban J connectivity index is 1.66. The Morgan fingerprint density at radius 1 is 1.24 bits per heavy atom. The molecule has 2 aromatic rings. The summed E-state index contributed by atoms with van der Waals surface area (Å²) in [7, 11) is 0. The predicted octanol–water partition coefficient (Wildman–Crippen LogP) is 2.34. The monoisotopic (exact) mass is 356 g/mol. The van der Waals surface area contributed by atoms with Gasteiger partial charge in [-0.2, -0.15) is 4.98 Å². The van der Waals surface area contributed by atoms with Crippen LogP contribution in [0.25, 0.3) is 11.4 Å². The van der Waals surface area contributed by atoms with Gasteiger partial charge in [-0.3, -0.25) is 4.79 Å². The van der Waals surface area contributed by atoms with E-state index in [1.807, 2.05) is 4.90 Å². The van der Waals surface area contributed by atoms with Crippen molar-refractivity contribution in [2.45, 2.75) is 19.2 Å². The first-order valence-electron chi connectivity index (χ1n) is 7.56. The second kappa shape index (κ2) is 6.61. The molecule has 3 rings (SSSR count). The van der Waals surface area contributed by atoms with Crippen molar-refractivity contribution < 1.29 is 27.2 Å². The van der Waals surface area contributed by atoms with Crippen LogP contribution >= 0.6 is 0 Å². The van der Waals surface area contributed by atoms with Gasteiger partial charge in [0.05, 0.1) is 0 Å². The molecule has 25 heavy (non-hydrogen) atoms. The van der Waals surface area contributed by atoms with E-state index >= 15 is 0 Å². The van der Waals surface area contributed by atoms with Crippen LogP contribution in [-0.2, 0) is 4.79 Å². The summed E-state index contributed by atoms with van der Waals surface area (Å²) < 4.78 is 45.5. The number of primary amides is 1. The first kappa shape index (κ1) is 17.1. The van der Waals surface area contributed by atoms with Gasteiger partial charge in [0, 0.05) is 24.6 Å². The lowest BCUT2D eigenvalue weighted by atomic mass is 9.97. The van der Waals surface area contributed by atoms with Gasteiger partial charge in [0.2, 0.25) is 11.7 Å². The molecular weight excluding hydrogens is 341 g/mol. The van der Waals surface area contributed by atoms with E-state index in [9.17, 15) is 18.0 Å². The molecule has 2 N–H and O–H groups in total. The Morgan fingerprint density at radius 3 is 2.44 bits per heavy atom. The van der Waals surface area contributed by atoms with Crippen LogP contribution in [0.5, 0.6) is 5.75 Å². The number of nitrogens with two attached hydrogens (primary N) is 1. The van der Waals surface area contributed by atoms with Crippen LogP contribution in [0.4, 0.5) is 19.2 Å². The molecule has 0 bridgehead atoms. The lowest BCUT2D eigenvalue weighted by molar-refractivity contribution is -0.274. The molecule has 0 spiro atoms. The number of hydrogen-bond donors (Lipinski definition) is 1.